The SMILES string of the molecule is O=C(CCl)N1CCc2c(noc2-c2ccc(F)cc2)C1. The van der Waals surface area contributed by atoms with Crippen LogP contribution in [0.2, 0.25) is 0 Å². The summed E-state index contributed by atoms with van der Waals surface area (Å²) in [6, 6.07) is 6.09. The number of carbonyl (C=O) groups is 1. The van der Waals surface area contributed by atoms with E-state index in [1.54, 1.807) is 17.0 Å². The summed E-state index contributed by atoms with van der Waals surface area (Å²) >= 11 is 5.56. The van der Waals surface area contributed by atoms with Crippen molar-refractivity contribution >= 4 is 17.5 Å². The van der Waals surface area contributed by atoms with Crippen LogP contribution in [0.5, 0.6) is 0 Å². The number of halogens is 2. The summed E-state index contributed by atoms with van der Waals surface area (Å²) in [7, 11) is 0. The van der Waals surface area contributed by atoms with Crippen LogP contribution in [0.25, 0.3) is 11.3 Å². The first-order valence-corrected chi connectivity index (χ1v) is 6.79. The van der Waals surface area contributed by atoms with Crippen molar-refractivity contribution in [2.45, 2.75) is 13.0 Å². The predicted molar refractivity (Wildman–Crippen MR) is 71.7 cm³/mol. The van der Waals surface area contributed by atoms with E-state index >= 15 is 0 Å². The number of carbonyl (C=O) groups excluding carboxylic acids is 1. The highest BCUT2D eigenvalue weighted by Crippen LogP contribution is 2.30. The lowest BCUT2D eigenvalue weighted by atomic mass is 10.0. The van der Waals surface area contributed by atoms with E-state index in [2.05, 4.69) is 5.16 Å². The smallest absolute Gasteiger partial charge is 0.237 e. The number of fused-ring (bicyclic) bond motifs is 1. The van der Waals surface area contributed by atoms with Gasteiger partial charge in [-0.15, -0.1) is 11.6 Å². The second-order valence-corrected chi connectivity index (χ2v) is 4.91. The minimum Gasteiger partial charge on any atom is -0.356 e. The van der Waals surface area contributed by atoms with Gasteiger partial charge in [0.25, 0.3) is 0 Å². The quantitative estimate of drug-likeness (QED) is 0.800. The van der Waals surface area contributed by atoms with Crippen LogP contribution in [0.15, 0.2) is 28.8 Å². The fourth-order valence-corrected chi connectivity index (χ4v) is 2.53. The number of nitrogens with zero attached hydrogens (tertiary/aromatic N) is 2. The molecule has 2 aromatic rings. The van der Waals surface area contributed by atoms with Crippen LogP contribution in [0.3, 0.4) is 0 Å². The first kappa shape index (κ1) is 13.1. The minimum absolute atomic E-state index is 0.0298. The highest BCUT2D eigenvalue weighted by molar-refractivity contribution is 6.27. The predicted octanol–water partition coefficient (Wildman–Crippen LogP) is 2.60. The maximum Gasteiger partial charge on any atom is 0.237 e. The summed E-state index contributed by atoms with van der Waals surface area (Å²) in [4.78, 5) is 13.2. The van der Waals surface area contributed by atoms with E-state index in [1.165, 1.54) is 12.1 Å². The van der Waals surface area contributed by atoms with Gasteiger partial charge in [0.1, 0.15) is 17.4 Å². The molecule has 1 aromatic carbocycles. The van der Waals surface area contributed by atoms with Gasteiger partial charge in [-0.3, -0.25) is 4.79 Å². The molecule has 0 spiro atoms. The summed E-state index contributed by atoms with van der Waals surface area (Å²) in [5.74, 6) is 0.223. The molecule has 0 aliphatic carbocycles. The Morgan fingerprint density at radius 3 is 2.85 bits per heavy atom. The van der Waals surface area contributed by atoms with Crippen molar-refractivity contribution in [3.63, 3.8) is 0 Å². The number of hydrogen-bond acceptors (Lipinski definition) is 3. The van der Waals surface area contributed by atoms with E-state index in [-0.39, 0.29) is 17.6 Å². The number of alkyl halides is 1. The first-order chi connectivity index (χ1) is 9.69. The van der Waals surface area contributed by atoms with Gasteiger partial charge in [-0.1, -0.05) is 5.16 Å². The topological polar surface area (TPSA) is 46.3 Å². The summed E-state index contributed by atoms with van der Waals surface area (Å²) in [5.41, 5.74) is 2.52. The lowest BCUT2D eigenvalue weighted by Gasteiger charge is -2.25. The monoisotopic (exact) mass is 294 g/mol. The number of rotatable bonds is 2. The van der Waals surface area contributed by atoms with Crippen LogP contribution in [-0.4, -0.2) is 28.4 Å². The molecule has 3 rings (SSSR count). The Balaban J connectivity index is 1.90. The molecular formula is C14H12ClFN2O2. The molecule has 1 amide bonds. The average molecular weight is 295 g/mol. The van der Waals surface area contributed by atoms with E-state index in [1.807, 2.05) is 0 Å². The Morgan fingerprint density at radius 2 is 2.15 bits per heavy atom. The van der Waals surface area contributed by atoms with Crippen LogP contribution >= 0.6 is 11.6 Å². The van der Waals surface area contributed by atoms with Gasteiger partial charge >= 0.3 is 0 Å². The van der Waals surface area contributed by atoms with Gasteiger partial charge in [-0.2, -0.15) is 0 Å². The number of amides is 1. The Labute approximate surface area is 120 Å². The molecule has 6 heteroatoms. The lowest BCUT2D eigenvalue weighted by Crippen LogP contribution is -2.36. The Kier molecular flexibility index (Phi) is 3.44. The van der Waals surface area contributed by atoms with Gasteiger partial charge in [-0.05, 0) is 30.7 Å². The Bertz CT molecular complexity index is 639. The highest BCUT2D eigenvalue weighted by atomic mass is 35.5. The van der Waals surface area contributed by atoms with Gasteiger partial charge in [0.05, 0.1) is 6.54 Å². The van der Waals surface area contributed by atoms with Crippen molar-refractivity contribution in [3.05, 3.63) is 41.3 Å². The van der Waals surface area contributed by atoms with Gasteiger partial charge < -0.3 is 9.42 Å². The third kappa shape index (κ3) is 2.29. The summed E-state index contributed by atoms with van der Waals surface area (Å²) < 4.78 is 18.3. The molecule has 20 heavy (non-hydrogen) atoms. The van der Waals surface area contributed by atoms with Gasteiger partial charge in [0.15, 0.2) is 5.76 Å². The molecule has 0 radical (unpaired) electrons. The van der Waals surface area contributed by atoms with Crippen molar-refractivity contribution in [3.8, 4) is 11.3 Å². The zero-order valence-electron chi connectivity index (χ0n) is 10.6. The first-order valence-electron chi connectivity index (χ1n) is 6.26. The van der Waals surface area contributed by atoms with E-state index in [0.717, 1.165) is 16.8 Å². The maximum atomic E-state index is 12.9. The second kappa shape index (κ2) is 5.25. The zero-order valence-corrected chi connectivity index (χ0v) is 11.4. The van der Waals surface area contributed by atoms with Crippen molar-refractivity contribution in [2.24, 2.45) is 0 Å². The molecule has 0 bridgehead atoms. The molecule has 0 saturated heterocycles. The van der Waals surface area contributed by atoms with Gasteiger partial charge in [0, 0.05) is 17.7 Å². The largest absolute Gasteiger partial charge is 0.356 e. The molecule has 1 aliphatic heterocycles. The minimum atomic E-state index is -0.291. The number of hydrogen-bond donors (Lipinski definition) is 0. The number of aromatic nitrogens is 1. The third-order valence-corrected chi connectivity index (χ3v) is 3.64. The lowest BCUT2D eigenvalue weighted by molar-refractivity contribution is -0.129. The molecule has 1 aliphatic rings. The molecule has 0 atom stereocenters. The van der Waals surface area contributed by atoms with Crippen LogP contribution in [0.4, 0.5) is 4.39 Å². The molecule has 0 unspecified atom stereocenters. The third-order valence-electron chi connectivity index (χ3n) is 3.42. The molecule has 0 saturated carbocycles. The normalized spacial score (nSPS) is 14.2. The molecule has 2 heterocycles. The van der Waals surface area contributed by atoms with E-state index in [9.17, 15) is 9.18 Å². The standard InChI is InChI=1S/C14H12ClFN2O2/c15-7-13(19)18-6-5-11-12(8-18)17-20-14(11)9-1-3-10(16)4-2-9/h1-4H,5-8H2. The average Bonchev–Trinajstić information content (AvgIpc) is 2.90. The van der Waals surface area contributed by atoms with Crippen molar-refractivity contribution < 1.29 is 13.7 Å². The van der Waals surface area contributed by atoms with Gasteiger partial charge in [-0.25, -0.2) is 4.39 Å². The van der Waals surface area contributed by atoms with Crippen LogP contribution in [-0.2, 0) is 17.8 Å². The summed E-state index contributed by atoms with van der Waals surface area (Å²) in [5, 5.41) is 4.02. The van der Waals surface area contributed by atoms with Crippen LogP contribution in [0, 0.1) is 5.82 Å². The summed E-state index contributed by atoms with van der Waals surface area (Å²) in [6.07, 6.45) is 0.661. The fourth-order valence-electron chi connectivity index (χ4n) is 2.36. The molecule has 104 valence electrons. The van der Waals surface area contributed by atoms with Crippen LogP contribution < -0.4 is 0 Å². The summed E-state index contributed by atoms with van der Waals surface area (Å²) in [6.45, 7) is 1.000. The molecular weight excluding hydrogens is 283 g/mol. The zero-order chi connectivity index (χ0) is 14.1. The number of benzene rings is 1. The fraction of sp³-hybridized carbons (Fsp3) is 0.286. The van der Waals surface area contributed by atoms with Crippen molar-refractivity contribution in [2.75, 3.05) is 12.4 Å². The van der Waals surface area contributed by atoms with E-state index in [4.69, 9.17) is 16.1 Å². The maximum absolute atomic E-state index is 12.9. The Hall–Kier alpha value is -1.88. The second-order valence-electron chi connectivity index (χ2n) is 4.64. The molecule has 1 aromatic heterocycles. The highest BCUT2D eigenvalue weighted by Gasteiger charge is 2.26. The molecule has 0 fully saturated rings. The molecule has 0 N–H and O–H groups in total. The van der Waals surface area contributed by atoms with E-state index in [0.29, 0.717) is 25.3 Å². The Morgan fingerprint density at radius 1 is 1.40 bits per heavy atom. The van der Waals surface area contributed by atoms with E-state index < -0.39 is 0 Å². The molecule has 4 nitrogen and oxygen atoms in total. The van der Waals surface area contributed by atoms with Crippen molar-refractivity contribution in [1.82, 2.24) is 10.1 Å². The van der Waals surface area contributed by atoms with Gasteiger partial charge in [0.2, 0.25) is 5.91 Å². The van der Waals surface area contributed by atoms with Crippen LogP contribution in [0.1, 0.15) is 11.3 Å². The van der Waals surface area contributed by atoms with Crippen molar-refractivity contribution in [1.29, 1.82) is 0 Å².